The van der Waals surface area contributed by atoms with E-state index < -0.39 is 0 Å². The average Bonchev–Trinajstić information content (AvgIpc) is 3.01. The molecular formula is C33H33FN8. The van der Waals surface area contributed by atoms with Gasteiger partial charge < -0.3 is 16.4 Å². The number of nitrogens with zero attached hydrogens (tertiary/aromatic N) is 4. The van der Waals surface area contributed by atoms with E-state index in [1.165, 1.54) is 44.2 Å². The van der Waals surface area contributed by atoms with Crippen LogP contribution in [0.3, 0.4) is 0 Å². The van der Waals surface area contributed by atoms with E-state index in [0.717, 1.165) is 45.9 Å². The largest absolute Gasteiger partial charge is 0.397 e. The van der Waals surface area contributed by atoms with Crippen molar-refractivity contribution in [3.05, 3.63) is 96.5 Å². The van der Waals surface area contributed by atoms with Gasteiger partial charge in [-0.25, -0.2) is 4.39 Å². The van der Waals surface area contributed by atoms with Crippen LogP contribution in [0.25, 0.3) is 22.5 Å². The van der Waals surface area contributed by atoms with Gasteiger partial charge in [-0.1, -0.05) is 38.7 Å². The molecule has 42 heavy (non-hydrogen) atoms. The minimum Gasteiger partial charge on any atom is -0.397 e. The van der Waals surface area contributed by atoms with Gasteiger partial charge in [0.15, 0.2) is 5.84 Å². The van der Waals surface area contributed by atoms with Crippen molar-refractivity contribution in [3.8, 4) is 22.5 Å². The lowest BCUT2D eigenvalue weighted by molar-refractivity contribution is 0.357. The first-order valence-corrected chi connectivity index (χ1v) is 14.2. The normalized spacial score (nSPS) is 14.8. The number of aliphatic imine (C=N–C) groups is 1. The van der Waals surface area contributed by atoms with Crippen molar-refractivity contribution < 1.29 is 4.39 Å². The Hall–Kier alpha value is -4.92. The van der Waals surface area contributed by atoms with Gasteiger partial charge in [-0.15, -0.1) is 0 Å². The van der Waals surface area contributed by atoms with Crippen LogP contribution in [0.1, 0.15) is 49.7 Å². The summed E-state index contributed by atoms with van der Waals surface area (Å²) in [7, 11) is 0. The second-order valence-corrected chi connectivity index (χ2v) is 10.9. The quantitative estimate of drug-likeness (QED) is 0.169. The fourth-order valence-electron chi connectivity index (χ4n) is 5.70. The van der Waals surface area contributed by atoms with E-state index >= 15 is 0 Å². The number of rotatable bonds is 8. The summed E-state index contributed by atoms with van der Waals surface area (Å²) in [5.74, 6) is 0.787. The van der Waals surface area contributed by atoms with E-state index in [4.69, 9.17) is 11.1 Å². The molecule has 0 atom stereocenters. The molecule has 0 unspecified atom stereocenters. The van der Waals surface area contributed by atoms with E-state index in [1.807, 2.05) is 12.1 Å². The fourth-order valence-corrected chi connectivity index (χ4v) is 5.70. The molecule has 1 saturated carbocycles. The van der Waals surface area contributed by atoms with E-state index in [-0.39, 0.29) is 11.5 Å². The smallest absolute Gasteiger partial charge is 0.152 e. The molecule has 1 fully saturated rings. The Morgan fingerprint density at radius 1 is 1.02 bits per heavy atom. The zero-order valence-electron chi connectivity index (χ0n) is 23.3. The second kappa shape index (κ2) is 11.9. The van der Waals surface area contributed by atoms with Gasteiger partial charge in [0.2, 0.25) is 0 Å². The number of nitrogens with two attached hydrogens (primary N) is 1. The highest BCUT2D eigenvalue weighted by atomic mass is 19.1. The second-order valence-electron chi connectivity index (χ2n) is 10.9. The maximum atomic E-state index is 13.5. The molecule has 0 radical (unpaired) electrons. The minimum atomic E-state index is -0.302. The number of amidine groups is 1. The number of aromatic nitrogens is 3. The van der Waals surface area contributed by atoms with Crippen LogP contribution in [0.2, 0.25) is 0 Å². The monoisotopic (exact) mass is 560 g/mol. The molecule has 0 bridgehead atoms. The van der Waals surface area contributed by atoms with Gasteiger partial charge in [0.05, 0.1) is 41.7 Å². The Morgan fingerprint density at radius 3 is 2.64 bits per heavy atom. The van der Waals surface area contributed by atoms with Crippen LogP contribution in [-0.2, 0) is 6.54 Å². The topological polar surface area (TPSA) is 125 Å². The number of hydrogen-bond donors (Lipinski definition) is 4. The number of nitrogen functional groups attached to an aromatic ring is 1. The van der Waals surface area contributed by atoms with Gasteiger partial charge in [0.1, 0.15) is 11.5 Å². The summed E-state index contributed by atoms with van der Waals surface area (Å²) in [4.78, 5) is 18.1. The summed E-state index contributed by atoms with van der Waals surface area (Å²) >= 11 is 0. The lowest BCUT2D eigenvalue weighted by atomic mass is 9.86. The van der Waals surface area contributed by atoms with Crippen molar-refractivity contribution in [2.75, 3.05) is 16.4 Å². The fraction of sp³-hybridized carbons (Fsp3) is 0.242. The van der Waals surface area contributed by atoms with Crippen LogP contribution < -0.4 is 16.4 Å². The summed E-state index contributed by atoms with van der Waals surface area (Å²) in [6, 6.07) is 11.9. The zero-order chi connectivity index (χ0) is 29.1. The van der Waals surface area contributed by atoms with Crippen LogP contribution in [0.5, 0.6) is 0 Å². The van der Waals surface area contributed by atoms with Gasteiger partial charge in [0, 0.05) is 46.0 Å². The summed E-state index contributed by atoms with van der Waals surface area (Å²) in [6.07, 6.45) is 14.2. The average molecular weight is 561 g/mol. The SMILES string of the molecule is C=C(CC1CCCCC1)Nc1cncc(-c2cc(C(=N)C3=NCc4c(ccnc4-c4ccc(F)cc4)N3)c(N)cn2)c1. The first-order chi connectivity index (χ1) is 20.4. The Kier molecular flexibility index (Phi) is 7.72. The van der Waals surface area contributed by atoms with Gasteiger partial charge in [-0.2, -0.15) is 0 Å². The molecule has 0 spiro atoms. The highest BCUT2D eigenvalue weighted by Gasteiger charge is 2.22. The number of fused-ring (bicyclic) bond motifs is 1. The first kappa shape index (κ1) is 27.3. The molecule has 1 aliphatic carbocycles. The van der Waals surface area contributed by atoms with Crippen molar-refractivity contribution in [1.82, 2.24) is 15.0 Å². The van der Waals surface area contributed by atoms with Crippen LogP contribution in [0, 0.1) is 17.1 Å². The number of benzene rings is 1. The number of nitrogens with one attached hydrogen (secondary N) is 3. The van der Waals surface area contributed by atoms with E-state index in [2.05, 4.69) is 37.2 Å². The summed E-state index contributed by atoms with van der Waals surface area (Å²) in [6.45, 7) is 4.57. The molecule has 212 valence electrons. The highest BCUT2D eigenvalue weighted by Crippen LogP contribution is 2.32. The molecule has 1 aromatic carbocycles. The number of hydrogen-bond acceptors (Lipinski definition) is 8. The molecule has 6 rings (SSSR count). The molecule has 8 nitrogen and oxygen atoms in total. The predicted octanol–water partition coefficient (Wildman–Crippen LogP) is 7.21. The van der Waals surface area contributed by atoms with E-state index in [9.17, 15) is 4.39 Å². The number of halogens is 1. The van der Waals surface area contributed by atoms with Gasteiger partial charge in [0.25, 0.3) is 0 Å². The molecule has 0 amide bonds. The maximum absolute atomic E-state index is 13.5. The first-order valence-electron chi connectivity index (χ1n) is 14.2. The lowest BCUT2D eigenvalue weighted by Gasteiger charge is -2.23. The van der Waals surface area contributed by atoms with Crippen molar-refractivity contribution in [3.63, 3.8) is 0 Å². The summed E-state index contributed by atoms with van der Waals surface area (Å²) in [5.41, 5.74) is 13.9. The third-order valence-electron chi connectivity index (χ3n) is 7.88. The molecule has 4 aromatic rings. The van der Waals surface area contributed by atoms with Crippen molar-refractivity contribution in [1.29, 1.82) is 5.41 Å². The van der Waals surface area contributed by atoms with E-state index in [0.29, 0.717) is 35.2 Å². The Balaban J connectivity index is 1.20. The molecule has 0 saturated heterocycles. The maximum Gasteiger partial charge on any atom is 0.152 e. The van der Waals surface area contributed by atoms with Crippen molar-refractivity contribution >= 4 is 28.6 Å². The van der Waals surface area contributed by atoms with Crippen LogP contribution in [0.15, 0.2) is 84.5 Å². The highest BCUT2D eigenvalue weighted by molar-refractivity contribution is 6.51. The Labute approximate surface area is 244 Å². The van der Waals surface area contributed by atoms with Gasteiger partial charge in [-0.3, -0.25) is 25.4 Å². The number of allylic oxidation sites excluding steroid dienone is 1. The lowest BCUT2D eigenvalue weighted by Crippen LogP contribution is -2.28. The molecule has 4 heterocycles. The third-order valence-corrected chi connectivity index (χ3v) is 7.88. The molecule has 1 aliphatic heterocycles. The Bertz CT molecular complexity index is 1670. The van der Waals surface area contributed by atoms with Crippen molar-refractivity contribution in [2.24, 2.45) is 10.9 Å². The van der Waals surface area contributed by atoms with Crippen LogP contribution in [0.4, 0.5) is 21.5 Å². The Morgan fingerprint density at radius 2 is 1.83 bits per heavy atom. The predicted molar refractivity (Wildman–Crippen MR) is 167 cm³/mol. The molecular weight excluding hydrogens is 527 g/mol. The van der Waals surface area contributed by atoms with Gasteiger partial charge in [-0.05, 0) is 54.8 Å². The van der Waals surface area contributed by atoms with E-state index in [1.54, 1.807) is 43.0 Å². The minimum absolute atomic E-state index is 0.157. The molecule has 9 heteroatoms. The molecule has 2 aliphatic rings. The summed E-state index contributed by atoms with van der Waals surface area (Å²) in [5, 5.41) is 15.7. The zero-order valence-corrected chi connectivity index (χ0v) is 23.3. The summed E-state index contributed by atoms with van der Waals surface area (Å²) < 4.78 is 13.5. The van der Waals surface area contributed by atoms with Crippen LogP contribution in [-0.4, -0.2) is 26.5 Å². The molecule has 3 aromatic heterocycles. The third kappa shape index (κ3) is 5.90. The van der Waals surface area contributed by atoms with Crippen LogP contribution >= 0.6 is 0 Å². The number of anilines is 3. The van der Waals surface area contributed by atoms with Gasteiger partial charge >= 0.3 is 0 Å². The standard InChI is InChI=1S/C33H33FN8/c1-20(13-21-5-3-2-4-6-21)41-25-14-23(16-37-17-25)30-15-26(28(35)19-39-30)31(36)33-40-18-27-29(42-33)11-12-38-32(27)22-7-9-24(34)10-8-22/h7-12,14-17,19,21,36,41H,1-6,13,18,35H2,(H,40,42). The molecule has 5 N–H and O–H groups in total. The number of pyridine rings is 3. The van der Waals surface area contributed by atoms with Crippen molar-refractivity contribution in [2.45, 2.75) is 45.1 Å².